The molecule has 0 aliphatic heterocycles. The van der Waals surface area contributed by atoms with E-state index in [1.54, 1.807) is 6.07 Å². The zero-order chi connectivity index (χ0) is 9.84. The van der Waals surface area contributed by atoms with Crippen molar-refractivity contribution in [2.75, 3.05) is 6.61 Å². The maximum absolute atomic E-state index is 10.2. The van der Waals surface area contributed by atoms with Crippen LogP contribution in [0.25, 0.3) is 0 Å². The van der Waals surface area contributed by atoms with Gasteiger partial charge >= 0.3 is 5.97 Å². The van der Waals surface area contributed by atoms with Gasteiger partial charge in [-0.2, -0.15) is 0 Å². The van der Waals surface area contributed by atoms with Crippen molar-refractivity contribution in [3.05, 3.63) is 28.2 Å². The van der Waals surface area contributed by atoms with Crippen LogP contribution in [0.4, 0.5) is 0 Å². The number of benzene rings is 1. The summed E-state index contributed by atoms with van der Waals surface area (Å²) in [5.74, 6) is -0.737. The average Bonchev–Trinajstić information content (AvgIpc) is 2.02. The molecule has 0 aliphatic rings. The normalized spacial score (nSPS) is 9.69. The summed E-state index contributed by atoms with van der Waals surface area (Å²) in [6.45, 7) is -0.415. The van der Waals surface area contributed by atoms with E-state index >= 15 is 0 Å². The number of ether oxygens (including phenoxy) is 1. The molecular formula is C8H6Cl2O3. The van der Waals surface area contributed by atoms with Gasteiger partial charge in [0.25, 0.3) is 0 Å². The zero-order valence-electron chi connectivity index (χ0n) is 6.46. The molecule has 0 saturated heterocycles. The fourth-order valence-electron chi connectivity index (χ4n) is 0.732. The first-order chi connectivity index (χ1) is 6.09. The van der Waals surface area contributed by atoms with Crippen LogP contribution in [0.1, 0.15) is 0 Å². The highest BCUT2D eigenvalue weighted by Gasteiger charge is 2.04. The Bertz CT molecular complexity index is 325. The molecule has 1 rings (SSSR count). The first-order valence-corrected chi connectivity index (χ1v) is 4.15. The predicted molar refractivity (Wildman–Crippen MR) is 49.6 cm³/mol. The Morgan fingerprint density at radius 1 is 1.46 bits per heavy atom. The molecule has 0 radical (unpaired) electrons. The standard InChI is InChI=1S/C8H6Cl2O3/c9-5-1-2-7(6(10)3-5)13-4-8(11)12/h1-3H,4H2,(H,11,12)/i1+2,2+2,3+2,5+2,6+2,7+2. The maximum atomic E-state index is 10.2. The highest BCUT2D eigenvalue weighted by molar-refractivity contribution is 6.35. The van der Waals surface area contributed by atoms with Gasteiger partial charge in [0.2, 0.25) is 0 Å². The third-order valence-corrected chi connectivity index (χ3v) is 1.78. The van der Waals surface area contributed by atoms with Crippen LogP contribution in [0, 0.1) is 0 Å². The molecule has 0 unspecified atom stereocenters. The second-order valence-corrected chi connectivity index (χ2v) is 3.10. The van der Waals surface area contributed by atoms with E-state index in [9.17, 15) is 4.79 Å². The Labute approximate surface area is 84.8 Å². The zero-order valence-corrected chi connectivity index (χ0v) is 7.97. The van der Waals surface area contributed by atoms with Crippen LogP contribution >= 0.6 is 23.2 Å². The second-order valence-electron chi connectivity index (χ2n) is 2.26. The van der Waals surface area contributed by atoms with Gasteiger partial charge in [-0.05, 0) is 18.2 Å². The van der Waals surface area contributed by atoms with Crippen LogP contribution in [-0.2, 0) is 4.79 Å². The third-order valence-electron chi connectivity index (χ3n) is 1.25. The Morgan fingerprint density at radius 2 is 2.15 bits per heavy atom. The highest BCUT2D eigenvalue weighted by atomic mass is 35.5. The molecular weight excluding hydrogens is 227 g/mol. The molecule has 0 fully saturated rings. The van der Waals surface area contributed by atoms with E-state index in [0.717, 1.165) is 0 Å². The van der Waals surface area contributed by atoms with Crippen LogP contribution < -0.4 is 4.74 Å². The van der Waals surface area contributed by atoms with Crippen LogP contribution in [0.3, 0.4) is 0 Å². The van der Waals surface area contributed by atoms with Crippen molar-refractivity contribution in [1.82, 2.24) is 0 Å². The first-order valence-electron chi connectivity index (χ1n) is 3.39. The second kappa shape index (κ2) is 4.35. The van der Waals surface area contributed by atoms with Crippen molar-refractivity contribution < 1.29 is 14.6 Å². The fourth-order valence-corrected chi connectivity index (χ4v) is 1.19. The van der Waals surface area contributed by atoms with E-state index < -0.39 is 12.6 Å². The molecule has 0 amide bonds. The van der Waals surface area contributed by atoms with E-state index in [1.807, 2.05) is 0 Å². The van der Waals surface area contributed by atoms with Gasteiger partial charge in [-0.3, -0.25) is 0 Å². The lowest BCUT2D eigenvalue weighted by Gasteiger charge is -2.04. The van der Waals surface area contributed by atoms with E-state index in [1.165, 1.54) is 12.1 Å². The van der Waals surface area contributed by atoms with Gasteiger partial charge in [-0.25, -0.2) is 4.79 Å². The van der Waals surface area contributed by atoms with Crippen LogP contribution in [-0.4, -0.2) is 17.7 Å². The van der Waals surface area contributed by atoms with Crippen LogP contribution in [0.15, 0.2) is 18.2 Å². The minimum Gasteiger partial charge on any atom is -0.480 e. The molecule has 0 heterocycles. The molecule has 0 aliphatic carbocycles. The van der Waals surface area contributed by atoms with Crippen molar-refractivity contribution in [2.45, 2.75) is 0 Å². The lowest BCUT2D eigenvalue weighted by atomic mass is 10.8. The van der Waals surface area contributed by atoms with E-state index in [2.05, 4.69) is 0 Å². The number of carboxylic acid groups (broad SMARTS) is 1. The molecule has 5 heteroatoms. The summed E-state index contributed by atoms with van der Waals surface area (Å²) in [4.78, 5) is 10.2. The molecule has 3 nitrogen and oxygen atoms in total. The van der Waals surface area contributed by atoms with Crippen LogP contribution in [0.5, 0.6) is 5.75 Å². The van der Waals surface area contributed by atoms with Gasteiger partial charge in [0.05, 0.1) is 5.02 Å². The van der Waals surface area contributed by atoms with Crippen molar-refractivity contribution in [3.63, 3.8) is 0 Å². The minimum atomic E-state index is -1.05. The molecule has 0 bridgehead atoms. The van der Waals surface area contributed by atoms with Crippen molar-refractivity contribution in [2.24, 2.45) is 0 Å². The smallest absolute Gasteiger partial charge is 0.341 e. The van der Waals surface area contributed by atoms with Crippen LogP contribution in [0.2, 0.25) is 10.0 Å². The minimum absolute atomic E-state index is 0.300. The molecule has 0 spiro atoms. The first kappa shape index (κ1) is 10.2. The van der Waals surface area contributed by atoms with Gasteiger partial charge in [-0.1, -0.05) is 23.2 Å². The Hall–Kier alpha value is -0.930. The van der Waals surface area contributed by atoms with Gasteiger partial charge < -0.3 is 9.84 Å². The number of rotatable bonds is 3. The number of halogens is 2. The SMILES string of the molecule is O=C(O)CO[14c]1[14cH][14cH][14c](Cl)[14cH][14c]1Cl. The number of hydrogen-bond donors (Lipinski definition) is 1. The van der Waals surface area contributed by atoms with E-state index in [-0.39, 0.29) is 0 Å². The topological polar surface area (TPSA) is 46.5 Å². The molecule has 13 heavy (non-hydrogen) atoms. The lowest BCUT2D eigenvalue weighted by molar-refractivity contribution is -0.139. The largest absolute Gasteiger partial charge is 0.480 e. The molecule has 0 aromatic heterocycles. The summed E-state index contributed by atoms with van der Waals surface area (Å²) in [5.41, 5.74) is 0. The molecule has 0 atom stereocenters. The van der Waals surface area contributed by atoms with E-state index in [0.29, 0.717) is 15.8 Å². The highest BCUT2D eigenvalue weighted by Crippen LogP contribution is 2.27. The molecule has 1 aromatic rings. The summed E-state index contributed by atoms with van der Waals surface area (Å²) in [6.07, 6.45) is 0. The molecule has 0 saturated carbocycles. The Kier molecular flexibility index (Phi) is 3.39. The number of carboxylic acids is 1. The molecule has 1 aromatic carbocycles. The fraction of sp³-hybridized carbons (Fsp3) is 0.125. The maximum Gasteiger partial charge on any atom is 0.341 e. The summed E-state index contributed by atoms with van der Waals surface area (Å²) >= 11 is 11.3. The Balaban J connectivity index is 2.72. The number of hydrogen-bond acceptors (Lipinski definition) is 2. The van der Waals surface area contributed by atoms with Gasteiger partial charge in [-0.15, -0.1) is 0 Å². The lowest BCUT2D eigenvalue weighted by Crippen LogP contribution is -2.09. The molecule has 70 valence electrons. The third kappa shape index (κ3) is 3.13. The quantitative estimate of drug-likeness (QED) is 0.871. The number of aliphatic carboxylic acids is 1. The van der Waals surface area contributed by atoms with Gasteiger partial charge in [0.15, 0.2) is 6.61 Å². The summed E-state index contributed by atoms with van der Waals surface area (Å²) in [5, 5.41) is 9.11. The van der Waals surface area contributed by atoms with Crippen molar-refractivity contribution in [3.8, 4) is 5.75 Å². The summed E-state index contributed by atoms with van der Waals surface area (Å²) in [7, 11) is 0. The van der Waals surface area contributed by atoms with Gasteiger partial charge in [0.1, 0.15) is 5.75 Å². The Morgan fingerprint density at radius 3 is 2.69 bits per heavy atom. The summed E-state index contributed by atoms with van der Waals surface area (Å²) < 4.78 is 4.86. The van der Waals surface area contributed by atoms with Crippen molar-refractivity contribution >= 4 is 29.2 Å². The average molecular weight is 233 g/mol. The van der Waals surface area contributed by atoms with Gasteiger partial charge in [0, 0.05) is 5.02 Å². The predicted octanol–water partition coefficient (Wildman–Crippen LogP) is 2.46. The monoisotopic (exact) mass is 232 g/mol. The van der Waals surface area contributed by atoms with Crippen molar-refractivity contribution in [1.29, 1.82) is 0 Å². The van der Waals surface area contributed by atoms with E-state index in [4.69, 9.17) is 33.0 Å². The molecule has 1 N–H and O–H groups in total. The summed E-state index contributed by atoms with van der Waals surface area (Å²) in [6, 6.07) is 4.58. The number of carbonyl (C=O) groups is 1.